The first-order valence-electron chi connectivity index (χ1n) is 9.69. The molecule has 1 heterocycles. The SMILES string of the molecule is COc1ccc(C(=O)N/C(=C\c2ccc(-c3cccc(Cl)c3)o2)C(=O)NC(C)C)cc1. The highest BCUT2D eigenvalue weighted by atomic mass is 35.5. The number of amides is 2. The molecule has 6 nitrogen and oxygen atoms in total. The van der Waals surface area contributed by atoms with Gasteiger partial charge in [0, 0.05) is 28.3 Å². The third kappa shape index (κ3) is 5.99. The predicted octanol–water partition coefficient (Wildman–Crippen LogP) is 4.90. The third-order valence-electron chi connectivity index (χ3n) is 4.29. The molecule has 2 N–H and O–H groups in total. The fourth-order valence-corrected chi connectivity index (χ4v) is 3.00. The number of hydrogen-bond donors (Lipinski definition) is 2. The number of methoxy groups -OCH3 is 1. The largest absolute Gasteiger partial charge is 0.497 e. The Bertz CT molecular complexity index is 1100. The molecule has 0 radical (unpaired) electrons. The van der Waals surface area contributed by atoms with Crippen molar-refractivity contribution in [2.45, 2.75) is 19.9 Å². The van der Waals surface area contributed by atoms with Crippen molar-refractivity contribution in [2.24, 2.45) is 0 Å². The number of furan rings is 1. The standard InChI is InChI=1S/C24H23ClN2O4/c1-15(2)26-24(29)21(27-23(28)16-7-9-19(30-3)10-8-16)14-20-11-12-22(31-20)17-5-4-6-18(25)13-17/h4-15H,1-3H3,(H,26,29)(H,27,28)/b21-14-. The summed E-state index contributed by atoms with van der Waals surface area (Å²) in [7, 11) is 1.55. The maximum atomic E-state index is 12.7. The van der Waals surface area contributed by atoms with Gasteiger partial charge in [-0.3, -0.25) is 9.59 Å². The van der Waals surface area contributed by atoms with Crippen LogP contribution in [0.15, 0.2) is 70.8 Å². The number of ether oxygens (including phenoxy) is 1. The lowest BCUT2D eigenvalue weighted by Gasteiger charge is -2.13. The van der Waals surface area contributed by atoms with Crippen molar-refractivity contribution in [1.82, 2.24) is 10.6 Å². The van der Waals surface area contributed by atoms with Crippen LogP contribution in [0.3, 0.4) is 0 Å². The summed E-state index contributed by atoms with van der Waals surface area (Å²) in [6.07, 6.45) is 1.49. The van der Waals surface area contributed by atoms with Crippen LogP contribution in [0.25, 0.3) is 17.4 Å². The van der Waals surface area contributed by atoms with Crippen LogP contribution < -0.4 is 15.4 Å². The van der Waals surface area contributed by atoms with Crippen molar-refractivity contribution >= 4 is 29.5 Å². The van der Waals surface area contributed by atoms with E-state index in [1.54, 1.807) is 55.6 Å². The summed E-state index contributed by atoms with van der Waals surface area (Å²) in [5.74, 6) is 0.804. The van der Waals surface area contributed by atoms with E-state index in [0.717, 1.165) is 5.56 Å². The van der Waals surface area contributed by atoms with E-state index in [2.05, 4.69) is 10.6 Å². The Kier molecular flexibility index (Phi) is 7.15. The molecule has 1 aromatic heterocycles. The number of benzene rings is 2. The second-order valence-corrected chi connectivity index (χ2v) is 7.52. The molecule has 0 unspecified atom stereocenters. The molecular weight excluding hydrogens is 416 g/mol. The lowest BCUT2D eigenvalue weighted by atomic mass is 10.2. The second-order valence-electron chi connectivity index (χ2n) is 7.08. The van der Waals surface area contributed by atoms with Gasteiger partial charge in [-0.25, -0.2) is 0 Å². The molecule has 7 heteroatoms. The van der Waals surface area contributed by atoms with Gasteiger partial charge in [0.1, 0.15) is 23.0 Å². The van der Waals surface area contributed by atoms with Crippen molar-refractivity contribution in [1.29, 1.82) is 0 Å². The van der Waals surface area contributed by atoms with Gasteiger partial charge in [0.25, 0.3) is 11.8 Å². The molecule has 160 valence electrons. The van der Waals surface area contributed by atoms with Crippen LogP contribution in [0, 0.1) is 0 Å². The normalized spacial score (nSPS) is 11.3. The Morgan fingerprint density at radius 1 is 1.06 bits per heavy atom. The maximum Gasteiger partial charge on any atom is 0.268 e. The number of nitrogens with one attached hydrogen (secondary N) is 2. The lowest BCUT2D eigenvalue weighted by Crippen LogP contribution is -2.38. The fraction of sp³-hybridized carbons (Fsp3) is 0.167. The molecule has 0 spiro atoms. The van der Waals surface area contributed by atoms with E-state index in [4.69, 9.17) is 20.8 Å². The van der Waals surface area contributed by atoms with Crippen molar-refractivity contribution in [3.05, 3.63) is 82.7 Å². The summed E-state index contributed by atoms with van der Waals surface area (Å²) >= 11 is 6.05. The van der Waals surface area contributed by atoms with Gasteiger partial charge in [0.15, 0.2) is 0 Å². The number of carbonyl (C=O) groups excluding carboxylic acids is 2. The minimum absolute atomic E-state index is 0.0708. The topological polar surface area (TPSA) is 80.6 Å². The third-order valence-corrected chi connectivity index (χ3v) is 4.52. The second kappa shape index (κ2) is 10.00. The Hall–Kier alpha value is -3.51. The molecule has 0 aliphatic heterocycles. The molecule has 0 atom stereocenters. The molecule has 0 fully saturated rings. The highest BCUT2D eigenvalue weighted by Crippen LogP contribution is 2.25. The Labute approximate surface area is 185 Å². The van der Waals surface area contributed by atoms with Crippen LogP contribution in [0.4, 0.5) is 0 Å². The molecule has 0 aliphatic carbocycles. The molecule has 3 aromatic rings. The van der Waals surface area contributed by atoms with E-state index in [1.165, 1.54) is 6.08 Å². The van der Waals surface area contributed by atoms with Gasteiger partial charge < -0.3 is 19.8 Å². The molecule has 2 amide bonds. The summed E-state index contributed by atoms with van der Waals surface area (Å²) in [6.45, 7) is 3.68. The monoisotopic (exact) mass is 438 g/mol. The Morgan fingerprint density at radius 2 is 1.81 bits per heavy atom. The van der Waals surface area contributed by atoms with E-state index in [-0.39, 0.29) is 11.7 Å². The zero-order valence-electron chi connectivity index (χ0n) is 17.4. The van der Waals surface area contributed by atoms with Crippen LogP contribution in [0.2, 0.25) is 5.02 Å². The summed E-state index contributed by atoms with van der Waals surface area (Å²) in [5, 5.41) is 6.05. The van der Waals surface area contributed by atoms with Crippen LogP contribution in [0.5, 0.6) is 5.75 Å². The molecule has 31 heavy (non-hydrogen) atoms. The summed E-state index contributed by atoms with van der Waals surface area (Å²) in [5.41, 5.74) is 1.27. The van der Waals surface area contributed by atoms with E-state index in [9.17, 15) is 9.59 Å². The van der Waals surface area contributed by atoms with E-state index < -0.39 is 11.8 Å². The molecule has 0 saturated heterocycles. The van der Waals surface area contributed by atoms with E-state index in [1.807, 2.05) is 26.0 Å². The van der Waals surface area contributed by atoms with Crippen LogP contribution in [0.1, 0.15) is 30.0 Å². The summed E-state index contributed by atoms with van der Waals surface area (Å²) in [4.78, 5) is 25.4. The summed E-state index contributed by atoms with van der Waals surface area (Å²) in [6, 6.07) is 17.2. The quantitative estimate of drug-likeness (QED) is 0.514. The minimum Gasteiger partial charge on any atom is -0.497 e. The predicted molar refractivity (Wildman–Crippen MR) is 121 cm³/mol. The highest BCUT2D eigenvalue weighted by Gasteiger charge is 2.16. The molecular formula is C24H23ClN2O4. The van der Waals surface area contributed by atoms with Gasteiger partial charge in [0.2, 0.25) is 0 Å². The Balaban J connectivity index is 1.87. The highest BCUT2D eigenvalue weighted by molar-refractivity contribution is 6.30. The molecule has 0 aliphatic rings. The number of hydrogen-bond acceptors (Lipinski definition) is 4. The number of rotatable bonds is 7. The van der Waals surface area contributed by atoms with Gasteiger partial charge in [-0.15, -0.1) is 0 Å². The lowest BCUT2D eigenvalue weighted by molar-refractivity contribution is -0.118. The van der Waals surface area contributed by atoms with E-state index >= 15 is 0 Å². The van der Waals surface area contributed by atoms with Gasteiger partial charge >= 0.3 is 0 Å². The van der Waals surface area contributed by atoms with E-state index in [0.29, 0.717) is 27.9 Å². The smallest absolute Gasteiger partial charge is 0.268 e. The Morgan fingerprint density at radius 3 is 2.45 bits per heavy atom. The number of halogens is 1. The average Bonchev–Trinajstić information content (AvgIpc) is 3.21. The zero-order valence-corrected chi connectivity index (χ0v) is 18.2. The van der Waals surface area contributed by atoms with Gasteiger partial charge in [0.05, 0.1) is 7.11 Å². The molecule has 3 rings (SSSR count). The van der Waals surface area contributed by atoms with Crippen molar-refractivity contribution in [2.75, 3.05) is 7.11 Å². The van der Waals surface area contributed by atoms with Crippen molar-refractivity contribution < 1.29 is 18.7 Å². The van der Waals surface area contributed by atoms with Crippen molar-refractivity contribution in [3.63, 3.8) is 0 Å². The van der Waals surface area contributed by atoms with Crippen LogP contribution >= 0.6 is 11.6 Å². The van der Waals surface area contributed by atoms with Gasteiger partial charge in [-0.1, -0.05) is 23.7 Å². The first kappa shape index (κ1) is 22.2. The zero-order chi connectivity index (χ0) is 22.4. The molecule has 0 saturated carbocycles. The minimum atomic E-state index is -0.422. The fourth-order valence-electron chi connectivity index (χ4n) is 2.80. The molecule has 2 aromatic carbocycles. The maximum absolute atomic E-state index is 12.7. The first-order valence-corrected chi connectivity index (χ1v) is 10.1. The molecule has 0 bridgehead atoms. The van der Waals surface area contributed by atoms with Gasteiger partial charge in [-0.2, -0.15) is 0 Å². The van der Waals surface area contributed by atoms with Crippen LogP contribution in [-0.2, 0) is 4.79 Å². The van der Waals surface area contributed by atoms with Crippen molar-refractivity contribution in [3.8, 4) is 17.1 Å². The van der Waals surface area contributed by atoms with Crippen LogP contribution in [-0.4, -0.2) is 25.0 Å². The summed E-state index contributed by atoms with van der Waals surface area (Å²) < 4.78 is 11.0. The van der Waals surface area contributed by atoms with Gasteiger partial charge in [-0.05, 0) is 62.4 Å². The first-order chi connectivity index (χ1) is 14.9. The average molecular weight is 439 g/mol. The number of carbonyl (C=O) groups is 2.